The largest absolute Gasteiger partial charge is 0.301 e. The highest BCUT2D eigenvalue weighted by Gasteiger charge is 2.18. The minimum absolute atomic E-state index is 0.289. The van der Waals surface area contributed by atoms with E-state index in [2.05, 4.69) is 11.5 Å². The number of hydroxylamine groups is 1. The van der Waals surface area contributed by atoms with E-state index in [1.165, 1.54) is 16.2 Å². The van der Waals surface area contributed by atoms with Gasteiger partial charge in [-0.25, -0.2) is 0 Å². The molecule has 4 heteroatoms. The van der Waals surface area contributed by atoms with E-state index >= 15 is 0 Å². The lowest BCUT2D eigenvalue weighted by Crippen LogP contribution is -2.09. The van der Waals surface area contributed by atoms with Gasteiger partial charge in [-0.2, -0.15) is 10.7 Å². The zero-order chi connectivity index (χ0) is 8.39. The van der Waals surface area contributed by atoms with E-state index in [-0.39, 0.29) is 6.04 Å². The molecule has 0 spiro atoms. The molecule has 0 amide bonds. The van der Waals surface area contributed by atoms with Crippen LogP contribution in [0.4, 0.5) is 0 Å². The van der Waals surface area contributed by atoms with Gasteiger partial charge < -0.3 is 4.84 Å². The summed E-state index contributed by atoms with van der Waals surface area (Å²) in [7, 11) is 0. The summed E-state index contributed by atoms with van der Waals surface area (Å²) in [6.45, 7) is 0.754. The van der Waals surface area contributed by atoms with Crippen molar-refractivity contribution >= 4 is 11.3 Å². The molecule has 1 N–H and O–H groups in total. The molecular formula is C8H8N2OS. The van der Waals surface area contributed by atoms with Gasteiger partial charge in [-0.15, -0.1) is 11.3 Å². The SMILES string of the molecule is N#Cc1ccc(C2CCON2)s1. The molecule has 1 fully saturated rings. The average Bonchev–Trinajstić information content (AvgIpc) is 2.75. The highest BCUT2D eigenvalue weighted by molar-refractivity contribution is 7.12. The molecule has 1 aliphatic heterocycles. The number of hydrogen-bond acceptors (Lipinski definition) is 4. The van der Waals surface area contributed by atoms with Crippen LogP contribution < -0.4 is 5.48 Å². The Balaban J connectivity index is 2.17. The Morgan fingerprint density at radius 2 is 2.58 bits per heavy atom. The van der Waals surface area contributed by atoms with Crippen molar-refractivity contribution in [2.24, 2.45) is 0 Å². The number of nitrogens with one attached hydrogen (secondary N) is 1. The third kappa shape index (κ3) is 1.34. The van der Waals surface area contributed by atoms with Crippen LogP contribution in [0, 0.1) is 11.3 Å². The van der Waals surface area contributed by atoms with Crippen LogP contribution in [-0.2, 0) is 4.84 Å². The Morgan fingerprint density at radius 3 is 3.17 bits per heavy atom. The maximum atomic E-state index is 8.60. The smallest absolute Gasteiger partial charge is 0.110 e. The summed E-state index contributed by atoms with van der Waals surface area (Å²) in [5.74, 6) is 0. The summed E-state index contributed by atoms with van der Waals surface area (Å²) < 4.78 is 0. The molecule has 2 heterocycles. The minimum atomic E-state index is 0.289. The van der Waals surface area contributed by atoms with Gasteiger partial charge in [-0.1, -0.05) is 0 Å². The van der Waals surface area contributed by atoms with Crippen molar-refractivity contribution in [3.05, 3.63) is 21.9 Å². The van der Waals surface area contributed by atoms with Crippen molar-refractivity contribution in [2.75, 3.05) is 6.61 Å². The lowest BCUT2D eigenvalue weighted by molar-refractivity contribution is 0.0888. The first-order valence-electron chi connectivity index (χ1n) is 3.77. The summed E-state index contributed by atoms with van der Waals surface area (Å²) in [6, 6.07) is 6.24. The van der Waals surface area contributed by atoms with Crippen molar-refractivity contribution in [2.45, 2.75) is 12.5 Å². The zero-order valence-corrected chi connectivity index (χ0v) is 7.23. The third-order valence-electron chi connectivity index (χ3n) is 1.81. The molecule has 0 aliphatic carbocycles. The van der Waals surface area contributed by atoms with E-state index in [0.29, 0.717) is 0 Å². The normalized spacial score (nSPS) is 22.4. The number of nitrogens with zero attached hydrogens (tertiary/aromatic N) is 1. The molecule has 12 heavy (non-hydrogen) atoms. The fourth-order valence-corrected chi connectivity index (χ4v) is 2.08. The van der Waals surface area contributed by atoms with Gasteiger partial charge >= 0.3 is 0 Å². The van der Waals surface area contributed by atoms with Gasteiger partial charge in [-0.05, 0) is 18.6 Å². The number of hydrogen-bond donors (Lipinski definition) is 1. The van der Waals surface area contributed by atoms with E-state index in [9.17, 15) is 0 Å². The second kappa shape index (κ2) is 3.23. The van der Waals surface area contributed by atoms with Crippen LogP contribution in [0.3, 0.4) is 0 Å². The second-order valence-electron chi connectivity index (χ2n) is 2.62. The maximum Gasteiger partial charge on any atom is 0.110 e. The predicted octanol–water partition coefficient (Wildman–Crippen LogP) is 1.59. The van der Waals surface area contributed by atoms with Crippen LogP contribution in [0.1, 0.15) is 22.2 Å². The van der Waals surface area contributed by atoms with E-state index in [1.54, 1.807) is 0 Å². The highest BCUT2D eigenvalue weighted by atomic mass is 32.1. The van der Waals surface area contributed by atoms with Gasteiger partial charge in [0.05, 0.1) is 12.6 Å². The van der Waals surface area contributed by atoms with Crippen molar-refractivity contribution in [3.8, 4) is 6.07 Å². The van der Waals surface area contributed by atoms with Crippen LogP contribution in [0.15, 0.2) is 12.1 Å². The van der Waals surface area contributed by atoms with Gasteiger partial charge in [0.25, 0.3) is 0 Å². The monoisotopic (exact) mass is 180 g/mol. The summed E-state index contributed by atoms with van der Waals surface area (Å²) in [6.07, 6.45) is 0.991. The summed E-state index contributed by atoms with van der Waals surface area (Å²) in [5, 5.41) is 8.60. The standard InChI is InChI=1S/C8H8N2OS/c9-5-6-1-2-8(12-6)7-3-4-11-10-7/h1-2,7,10H,3-4H2. The predicted molar refractivity (Wildman–Crippen MR) is 45.5 cm³/mol. The van der Waals surface area contributed by atoms with Crippen molar-refractivity contribution in [1.82, 2.24) is 5.48 Å². The summed E-state index contributed by atoms with van der Waals surface area (Å²) in [5.41, 5.74) is 2.91. The molecule has 1 aromatic rings. The van der Waals surface area contributed by atoms with E-state index in [4.69, 9.17) is 10.1 Å². The minimum Gasteiger partial charge on any atom is -0.301 e. The van der Waals surface area contributed by atoms with E-state index in [1.807, 2.05) is 12.1 Å². The summed E-state index contributed by atoms with van der Waals surface area (Å²) in [4.78, 5) is 6.98. The highest BCUT2D eigenvalue weighted by Crippen LogP contribution is 2.27. The Morgan fingerprint density at radius 1 is 1.67 bits per heavy atom. The van der Waals surface area contributed by atoms with Crippen molar-refractivity contribution in [3.63, 3.8) is 0 Å². The number of nitriles is 1. The molecule has 1 saturated heterocycles. The quantitative estimate of drug-likeness (QED) is 0.713. The molecule has 0 saturated carbocycles. The molecule has 2 rings (SSSR count). The zero-order valence-electron chi connectivity index (χ0n) is 6.41. The molecule has 1 unspecified atom stereocenters. The molecule has 0 radical (unpaired) electrons. The van der Waals surface area contributed by atoms with Gasteiger partial charge in [0, 0.05) is 4.88 Å². The molecule has 0 aromatic carbocycles. The lowest BCUT2D eigenvalue weighted by Gasteiger charge is -2.02. The van der Waals surface area contributed by atoms with Crippen LogP contribution >= 0.6 is 11.3 Å². The van der Waals surface area contributed by atoms with E-state index in [0.717, 1.165) is 17.9 Å². The number of thiophene rings is 1. The first kappa shape index (κ1) is 7.74. The van der Waals surface area contributed by atoms with E-state index < -0.39 is 0 Å². The molecule has 62 valence electrons. The van der Waals surface area contributed by atoms with Gasteiger partial charge in [0.15, 0.2) is 0 Å². The van der Waals surface area contributed by atoms with Gasteiger partial charge in [0.1, 0.15) is 10.9 Å². The average molecular weight is 180 g/mol. The first-order valence-corrected chi connectivity index (χ1v) is 4.59. The molecule has 0 bridgehead atoms. The molecular weight excluding hydrogens is 172 g/mol. The summed E-state index contributed by atoms with van der Waals surface area (Å²) >= 11 is 1.53. The van der Waals surface area contributed by atoms with Crippen LogP contribution in [-0.4, -0.2) is 6.61 Å². The Hall–Kier alpha value is -0.890. The lowest BCUT2D eigenvalue weighted by atomic mass is 10.2. The Bertz CT molecular complexity index is 309. The molecule has 3 nitrogen and oxygen atoms in total. The fraction of sp³-hybridized carbons (Fsp3) is 0.375. The van der Waals surface area contributed by atoms with Crippen molar-refractivity contribution in [1.29, 1.82) is 5.26 Å². The molecule has 1 aliphatic rings. The van der Waals surface area contributed by atoms with Crippen LogP contribution in [0.25, 0.3) is 0 Å². The second-order valence-corrected chi connectivity index (χ2v) is 3.74. The van der Waals surface area contributed by atoms with Crippen LogP contribution in [0.2, 0.25) is 0 Å². The molecule has 1 atom stereocenters. The third-order valence-corrected chi connectivity index (χ3v) is 2.92. The first-order chi connectivity index (χ1) is 5.90. The number of rotatable bonds is 1. The Labute approximate surface area is 74.5 Å². The fourth-order valence-electron chi connectivity index (χ4n) is 1.20. The van der Waals surface area contributed by atoms with Gasteiger partial charge in [-0.3, -0.25) is 0 Å². The Kier molecular flexibility index (Phi) is 2.09. The topological polar surface area (TPSA) is 45.0 Å². The van der Waals surface area contributed by atoms with Gasteiger partial charge in [0.2, 0.25) is 0 Å². The van der Waals surface area contributed by atoms with Crippen molar-refractivity contribution < 1.29 is 4.84 Å². The maximum absolute atomic E-state index is 8.60. The van der Waals surface area contributed by atoms with Crippen LogP contribution in [0.5, 0.6) is 0 Å². The molecule has 1 aromatic heterocycles.